The Balaban J connectivity index is 1.96. The Morgan fingerprint density at radius 1 is 1.35 bits per heavy atom. The zero-order valence-electron chi connectivity index (χ0n) is 11.8. The third-order valence-electron chi connectivity index (χ3n) is 3.56. The number of hydrogen-bond acceptors (Lipinski definition) is 5. The van der Waals surface area contributed by atoms with Gasteiger partial charge in [-0.25, -0.2) is 0 Å². The van der Waals surface area contributed by atoms with E-state index in [9.17, 15) is 10.1 Å². The minimum Gasteiger partial charge on any atom is -0.485 e. The van der Waals surface area contributed by atoms with Gasteiger partial charge in [0.25, 0.3) is 0 Å². The third kappa shape index (κ3) is 3.60. The van der Waals surface area contributed by atoms with E-state index < -0.39 is 4.92 Å². The van der Waals surface area contributed by atoms with E-state index in [-0.39, 0.29) is 5.69 Å². The van der Waals surface area contributed by atoms with Crippen molar-refractivity contribution in [1.29, 1.82) is 0 Å². The Bertz CT molecular complexity index is 459. The molecule has 0 aromatic heterocycles. The zero-order valence-corrected chi connectivity index (χ0v) is 11.8. The van der Waals surface area contributed by atoms with Crippen LogP contribution in [0.1, 0.15) is 19.3 Å². The van der Waals surface area contributed by atoms with Crippen molar-refractivity contribution >= 4 is 11.4 Å². The Labute approximate surface area is 118 Å². The van der Waals surface area contributed by atoms with Gasteiger partial charge in [0.15, 0.2) is 5.75 Å². The van der Waals surface area contributed by atoms with Crippen LogP contribution in [0.15, 0.2) is 18.2 Å². The summed E-state index contributed by atoms with van der Waals surface area (Å²) in [4.78, 5) is 13.1. The van der Waals surface area contributed by atoms with Crippen molar-refractivity contribution in [1.82, 2.24) is 4.90 Å². The molecule has 1 aliphatic heterocycles. The lowest BCUT2D eigenvalue weighted by Gasteiger charge is -2.26. The summed E-state index contributed by atoms with van der Waals surface area (Å²) in [6.45, 7) is 3.50. The lowest BCUT2D eigenvalue weighted by molar-refractivity contribution is -0.384. The first-order valence-corrected chi connectivity index (χ1v) is 7.02. The number of rotatable bonds is 6. The van der Waals surface area contributed by atoms with Crippen LogP contribution in [-0.2, 0) is 0 Å². The van der Waals surface area contributed by atoms with Crippen molar-refractivity contribution in [2.24, 2.45) is 0 Å². The highest BCUT2D eigenvalue weighted by atomic mass is 16.6. The smallest absolute Gasteiger partial charge is 0.333 e. The summed E-state index contributed by atoms with van der Waals surface area (Å²) in [5.41, 5.74) is 0.485. The lowest BCUT2D eigenvalue weighted by atomic mass is 10.1. The third-order valence-corrected chi connectivity index (χ3v) is 3.56. The van der Waals surface area contributed by atoms with Crippen molar-refractivity contribution < 1.29 is 9.66 Å². The van der Waals surface area contributed by atoms with Gasteiger partial charge in [0.2, 0.25) is 0 Å². The number of likely N-dealkylation sites (tertiary alicyclic amines) is 1. The average molecular weight is 279 g/mol. The van der Waals surface area contributed by atoms with Gasteiger partial charge < -0.3 is 10.1 Å². The van der Waals surface area contributed by atoms with Crippen LogP contribution >= 0.6 is 0 Å². The topological polar surface area (TPSA) is 67.6 Å². The van der Waals surface area contributed by atoms with E-state index in [4.69, 9.17) is 4.74 Å². The first kappa shape index (κ1) is 14.6. The van der Waals surface area contributed by atoms with Crippen molar-refractivity contribution in [3.05, 3.63) is 28.3 Å². The van der Waals surface area contributed by atoms with Crippen LogP contribution in [0.3, 0.4) is 0 Å². The molecule has 1 fully saturated rings. The molecule has 110 valence electrons. The predicted molar refractivity (Wildman–Crippen MR) is 78.4 cm³/mol. The molecule has 1 heterocycles. The highest BCUT2D eigenvalue weighted by Crippen LogP contribution is 2.34. The Morgan fingerprint density at radius 2 is 2.10 bits per heavy atom. The first-order valence-electron chi connectivity index (χ1n) is 7.02. The van der Waals surface area contributed by atoms with Crippen LogP contribution < -0.4 is 10.1 Å². The number of hydrogen-bond donors (Lipinski definition) is 1. The molecule has 2 rings (SSSR count). The Morgan fingerprint density at radius 3 is 2.75 bits per heavy atom. The second kappa shape index (κ2) is 7.09. The van der Waals surface area contributed by atoms with Crippen molar-refractivity contribution in [2.75, 3.05) is 38.6 Å². The predicted octanol–water partition coefficient (Wildman–Crippen LogP) is 2.50. The number of benzene rings is 1. The summed E-state index contributed by atoms with van der Waals surface area (Å²) in [5.74, 6) is 0.332. The first-order chi connectivity index (χ1) is 9.72. The second-order valence-electron chi connectivity index (χ2n) is 4.91. The molecule has 0 spiro atoms. The Kier molecular flexibility index (Phi) is 5.17. The molecule has 1 aromatic rings. The zero-order chi connectivity index (χ0) is 14.4. The maximum absolute atomic E-state index is 11.1. The molecule has 1 N–H and O–H groups in total. The van der Waals surface area contributed by atoms with Gasteiger partial charge in [0.1, 0.15) is 12.3 Å². The van der Waals surface area contributed by atoms with E-state index in [2.05, 4.69) is 10.2 Å². The number of ether oxygens (including phenoxy) is 1. The summed E-state index contributed by atoms with van der Waals surface area (Å²) in [7, 11) is 1.67. The van der Waals surface area contributed by atoms with Crippen LogP contribution in [0.5, 0.6) is 5.75 Å². The van der Waals surface area contributed by atoms with Crippen molar-refractivity contribution in [2.45, 2.75) is 19.3 Å². The van der Waals surface area contributed by atoms with Crippen molar-refractivity contribution in [3.63, 3.8) is 0 Å². The van der Waals surface area contributed by atoms with Gasteiger partial charge in [-0.3, -0.25) is 15.0 Å². The summed E-state index contributed by atoms with van der Waals surface area (Å²) < 4.78 is 5.62. The van der Waals surface area contributed by atoms with Gasteiger partial charge in [0.05, 0.1) is 4.92 Å². The minimum atomic E-state index is -0.401. The van der Waals surface area contributed by atoms with E-state index in [0.717, 1.165) is 19.6 Å². The molecule has 0 aliphatic carbocycles. The van der Waals surface area contributed by atoms with Gasteiger partial charge in [-0.2, -0.15) is 0 Å². The molecule has 1 aromatic carbocycles. The van der Waals surface area contributed by atoms with Crippen LogP contribution in [0.4, 0.5) is 11.4 Å². The number of anilines is 1. The molecule has 0 atom stereocenters. The number of nitro groups is 1. The number of piperidine rings is 1. The summed E-state index contributed by atoms with van der Waals surface area (Å²) in [5, 5.41) is 14.0. The van der Waals surface area contributed by atoms with Gasteiger partial charge in [0, 0.05) is 13.6 Å². The number of nitro benzene ring substituents is 1. The SMILES string of the molecule is CNc1cccc(OCCN2CCCCC2)c1[N+](=O)[O-]. The van der Waals surface area contributed by atoms with E-state index >= 15 is 0 Å². The Hall–Kier alpha value is -1.82. The highest BCUT2D eigenvalue weighted by Gasteiger charge is 2.20. The van der Waals surface area contributed by atoms with Crippen LogP contribution in [-0.4, -0.2) is 43.1 Å². The van der Waals surface area contributed by atoms with Crippen LogP contribution in [0.2, 0.25) is 0 Å². The lowest BCUT2D eigenvalue weighted by Crippen LogP contribution is -2.33. The van der Waals surface area contributed by atoms with Crippen LogP contribution in [0, 0.1) is 10.1 Å². The van der Waals surface area contributed by atoms with Gasteiger partial charge in [-0.05, 0) is 38.1 Å². The van der Waals surface area contributed by atoms with E-state index in [1.54, 1.807) is 25.2 Å². The second-order valence-corrected chi connectivity index (χ2v) is 4.91. The molecule has 6 nitrogen and oxygen atoms in total. The van der Waals surface area contributed by atoms with Crippen molar-refractivity contribution in [3.8, 4) is 5.75 Å². The molecule has 0 saturated carbocycles. The quantitative estimate of drug-likeness (QED) is 0.640. The molecule has 0 amide bonds. The van der Waals surface area contributed by atoms with Gasteiger partial charge in [-0.1, -0.05) is 12.5 Å². The molecule has 6 heteroatoms. The summed E-state index contributed by atoms with van der Waals surface area (Å²) in [6, 6.07) is 5.08. The molecule has 1 saturated heterocycles. The van der Waals surface area contributed by atoms with Gasteiger partial charge in [-0.15, -0.1) is 0 Å². The molecule has 0 radical (unpaired) electrons. The normalized spacial score (nSPS) is 15.8. The molecular weight excluding hydrogens is 258 g/mol. The molecule has 1 aliphatic rings. The molecule has 0 unspecified atom stereocenters. The maximum Gasteiger partial charge on any atom is 0.333 e. The number of para-hydroxylation sites is 1. The number of nitrogens with one attached hydrogen (secondary N) is 1. The van der Waals surface area contributed by atoms with E-state index in [1.165, 1.54) is 19.3 Å². The average Bonchev–Trinajstić information content (AvgIpc) is 2.47. The fourth-order valence-electron chi connectivity index (χ4n) is 2.50. The van der Waals surface area contributed by atoms with Gasteiger partial charge >= 0.3 is 5.69 Å². The van der Waals surface area contributed by atoms with E-state index in [1.807, 2.05) is 0 Å². The largest absolute Gasteiger partial charge is 0.485 e. The maximum atomic E-state index is 11.1. The minimum absolute atomic E-state index is 0.00800. The number of nitrogens with zero attached hydrogens (tertiary/aromatic N) is 2. The molecule has 0 bridgehead atoms. The standard InChI is InChI=1S/C14H21N3O3/c1-15-12-6-5-7-13(14(12)17(18)19)20-11-10-16-8-3-2-4-9-16/h5-7,15H,2-4,8-11H2,1H3. The van der Waals surface area contributed by atoms with Crippen LogP contribution in [0.25, 0.3) is 0 Å². The monoisotopic (exact) mass is 279 g/mol. The molecular formula is C14H21N3O3. The highest BCUT2D eigenvalue weighted by molar-refractivity contribution is 5.68. The van der Waals surface area contributed by atoms with E-state index in [0.29, 0.717) is 18.0 Å². The summed E-state index contributed by atoms with van der Waals surface area (Å²) in [6.07, 6.45) is 3.76. The fourth-order valence-corrected chi connectivity index (χ4v) is 2.50. The summed E-state index contributed by atoms with van der Waals surface area (Å²) >= 11 is 0. The molecule has 20 heavy (non-hydrogen) atoms. The fraction of sp³-hybridized carbons (Fsp3) is 0.571.